The number of methoxy groups -OCH3 is 2. The van der Waals surface area contributed by atoms with Crippen LogP contribution in [0.1, 0.15) is 6.42 Å². The fourth-order valence-electron chi connectivity index (χ4n) is 1.23. The molecule has 0 aliphatic rings. The molecule has 94 valence electrons. The number of benzene rings is 1. The summed E-state index contributed by atoms with van der Waals surface area (Å²) in [6.07, 6.45) is -0.157. The van der Waals surface area contributed by atoms with Crippen LogP contribution in [0.25, 0.3) is 0 Å². The van der Waals surface area contributed by atoms with Crippen molar-refractivity contribution in [1.29, 1.82) is 0 Å². The molecule has 0 bridgehead atoms. The maximum Gasteiger partial charge on any atom is 0.306 e. The highest BCUT2D eigenvalue weighted by Crippen LogP contribution is 2.18. The summed E-state index contributed by atoms with van der Waals surface area (Å²) in [7, 11) is -0.798. The van der Waals surface area contributed by atoms with Crippen molar-refractivity contribution in [2.24, 2.45) is 0 Å². The quantitative estimate of drug-likeness (QED) is 0.738. The molecule has 0 atom stereocenters. The fourth-order valence-corrected chi connectivity index (χ4v) is 2.48. The molecule has 0 N–H and O–H groups in total. The predicted molar refractivity (Wildman–Crippen MR) is 61.7 cm³/mol. The SMILES string of the molecule is COC(=O)CCS(=O)(=O)c1cccc(OC)c1. The number of carbonyl (C=O) groups excluding carboxylic acids is 1. The number of hydrogen-bond donors (Lipinski definition) is 0. The first-order chi connectivity index (χ1) is 7.99. The van der Waals surface area contributed by atoms with Crippen LogP contribution in [-0.4, -0.2) is 34.4 Å². The van der Waals surface area contributed by atoms with Gasteiger partial charge in [0, 0.05) is 0 Å². The van der Waals surface area contributed by atoms with Crippen molar-refractivity contribution in [3.63, 3.8) is 0 Å². The van der Waals surface area contributed by atoms with Crippen molar-refractivity contribution in [2.45, 2.75) is 11.3 Å². The van der Waals surface area contributed by atoms with Crippen LogP contribution in [0.2, 0.25) is 0 Å². The van der Waals surface area contributed by atoms with Crippen LogP contribution in [0.15, 0.2) is 29.2 Å². The third-order valence-electron chi connectivity index (χ3n) is 2.20. The fraction of sp³-hybridized carbons (Fsp3) is 0.364. The van der Waals surface area contributed by atoms with Crippen LogP contribution in [0.5, 0.6) is 5.75 Å². The molecule has 0 saturated heterocycles. The molecule has 0 radical (unpaired) electrons. The minimum Gasteiger partial charge on any atom is -0.497 e. The van der Waals surface area contributed by atoms with Crippen molar-refractivity contribution in [3.8, 4) is 5.75 Å². The molecule has 0 fully saturated rings. The number of rotatable bonds is 5. The monoisotopic (exact) mass is 258 g/mol. The molecule has 6 heteroatoms. The van der Waals surface area contributed by atoms with Crippen molar-refractivity contribution in [2.75, 3.05) is 20.0 Å². The van der Waals surface area contributed by atoms with Gasteiger partial charge in [0.1, 0.15) is 5.75 Å². The van der Waals surface area contributed by atoms with Gasteiger partial charge in [-0.1, -0.05) is 6.07 Å². The van der Waals surface area contributed by atoms with E-state index in [-0.39, 0.29) is 17.1 Å². The molecule has 0 saturated carbocycles. The first-order valence-corrected chi connectivity index (χ1v) is 6.58. The van der Waals surface area contributed by atoms with Gasteiger partial charge in [0.05, 0.1) is 31.3 Å². The highest BCUT2D eigenvalue weighted by Gasteiger charge is 2.17. The molecule has 0 unspecified atom stereocenters. The Bertz CT molecular complexity index is 492. The number of sulfone groups is 1. The van der Waals surface area contributed by atoms with E-state index >= 15 is 0 Å². The van der Waals surface area contributed by atoms with Crippen LogP contribution in [0, 0.1) is 0 Å². The maximum atomic E-state index is 11.9. The summed E-state index contributed by atoms with van der Waals surface area (Å²) in [5.41, 5.74) is 0. The van der Waals surface area contributed by atoms with Gasteiger partial charge in [-0.05, 0) is 18.2 Å². The minimum absolute atomic E-state index is 0.140. The van der Waals surface area contributed by atoms with Crippen molar-refractivity contribution < 1.29 is 22.7 Å². The smallest absolute Gasteiger partial charge is 0.306 e. The zero-order valence-electron chi connectivity index (χ0n) is 9.67. The molecule has 0 spiro atoms. The molecular weight excluding hydrogens is 244 g/mol. The summed E-state index contributed by atoms with van der Waals surface area (Å²) < 4.78 is 33.1. The lowest BCUT2D eigenvalue weighted by atomic mass is 10.3. The second-order valence-electron chi connectivity index (χ2n) is 3.32. The number of hydrogen-bond acceptors (Lipinski definition) is 5. The first-order valence-electron chi connectivity index (χ1n) is 4.93. The van der Waals surface area contributed by atoms with Crippen LogP contribution in [0.3, 0.4) is 0 Å². The van der Waals surface area contributed by atoms with Gasteiger partial charge >= 0.3 is 5.97 Å². The molecule has 1 aromatic carbocycles. The Morgan fingerprint density at radius 3 is 2.59 bits per heavy atom. The Morgan fingerprint density at radius 1 is 1.29 bits per heavy atom. The highest BCUT2D eigenvalue weighted by molar-refractivity contribution is 7.91. The van der Waals surface area contributed by atoms with Crippen molar-refractivity contribution >= 4 is 15.8 Å². The third kappa shape index (κ3) is 3.74. The van der Waals surface area contributed by atoms with Crippen molar-refractivity contribution in [1.82, 2.24) is 0 Å². The molecule has 1 rings (SSSR count). The Morgan fingerprint density at radius 2 is 2.00 bits per heavy atom. The van der Waals surface area contributed by atoms with E-state index < -0.39 is 15.8 Å². The number of esters is 1. The van der Waals surface area contributed by atoms with E-state index in [0.717, 1.165) is 0 Å². The van der Waals surface area contributed by atoms with Gasteiger partial charge in [0.25, 0.3) is 0 Å². The largest absolute Gasteiger partial charge is 0.497 e. The van der Waals surface area contributed by atoms with Crippen LogP contribution in [-0.2, 0) is 19.4 Å². The normalized spacial score (nSPS) is 10.9. The molecular formula is C11H14O5S. The van der Waals surface area contributed by atoms with Gasteiger partial charge in [0.15, 0.2) is 9.84 Å². The number of ether oxygens (including phenoxy) is 2. The average Bonchev–Trinajstić information content (AvgIpc) is 2.36. The van der Waals surface area contributed by atoms with Crippen LogP contribution >= 0.6 is 0 Å². The lowest BCUT2D eigenvalue weighted by Gasteiger charge is -2.05. The summed E-state index contributed by atoms with van der Waals surface area (Å²) in [4.78, 5) is 11.0. The third-order valence-corrected chi connectivity index (χ3v) is 3.92. The summed E-state index contributed by atoms with van der Waals surface area (Å²) in [5, 5.41) is 0. The van der Waals surface area contributed by atoms with Gasteiger partial charge in [-0.15, -0.1) is 0 Å². The summed E-state index contributed by atoms with van der Waals surface area (Å²) in [6.45, 7) is 0. The molecule has 0 heterocycles. The van der Waals surface area contributed by atoms with Gasteiger partial charge in [-0.3, -0.25) is 4.79 Å². The van der Waals surface area contributed by atoms with E-state index in [2.05, 4.69) is 4.74 Å². The molecule has 0 aliphatic heterocycles. The molecule has 5 nitrogen and oxygen atoms in total. The number of carbonyl (C=O) groups is 1. The Balaban J connectivity index is 2.85. The Labute approximate surface area is 100 Å². The second kappa shape index (κ2) is 5.67. The first kappa shape index (κ1) is 13.5. The Kier molecular flexibility index (Phi) is 4.51. The van der Waals surface area contributed by atoms with E-state index in [4.69, 9.17) is 4.74 Å². The van der Waals surface area contributed by atoms with Gasteiger partial charge in [-0.25, -0.2) is 8.42 Å². The van der Waals surface area contributed by atoms with Crippen molar-refractivity contribution in [3.05, 3.63) is 24.3 Å². The molecule has 17 heavy (non-hydrogen) atoms. The molecule has 0 amide bonds. The molecule has 0 aliphatic carbocycles. The standard InChI is InChI=1S/C11H14O5S/c1-15-9-4-3-5-10(8-9)17(13,14)7-6-11(12)16-2/h3-5,8H,6-7H2,1-2H3. The van der Waals surface area contributed by atoms with E-state index in [0.29, 0.717) is 5.75 Å². The van der Waals surface area contributed by atoms with E-state index in [9.17, 15) is 13.2 Å². The zero-order valence-corrected chi connectivity index (χ0v) is 10.5. The Hall–Kier alpha value is -1.56. The van der Waals surface area contributed by atoms with E-state index in [1.165, 1.54) is 26.4 Å². The second-order valence-corrected chi connectivity index (χ2v) is 5.43. The maximum absolute atomic E-state index is 11.9. The summed E-state index contributed by atoms with van der Waals surface area (Å²) in [6, 6.07) is 6.13. The van der Waals surface area contributed by atoms with Gasteiger partial charge < -0.3 is 9.47 Å². The summed E-state index contributed by atoms with van der Waals surface area (Å²) in [5.74, 6) is -0.354. The van der Waals surface area contributed by atoms with E-state index in [1.807, 2.05) is 0 Å². The summed E-state index contributed by atoms with van der Waals surface area (Å²) >= 11 is 0. The average molecular weight is 258 g/mol. The van der Waals surface area contributed by atoms with Gasteiger partial charge in [-0.2, -0.15) is 0 Å². The molecule has 1 aromatic rings. The van der Waals surface area contributed by atoms with E-state index in [1.54, 1.807) is 12.1 Å². The van der Waals surface area contributed by atoms with Crippen LogP contribution < -0.4 is 4.74 Å². The molecule has 0 aromatic heterocycles. The highest BCUT2D eigenvalue weighted by atomic mass is 32.2. The minimum atomic E-state index is -3.48. The zero-order chi connectivity index (χ0) is 12.9. The van der Waals surface area contributed by atoms with Gasteiger partial charge in [0.2, 0.25) is 0 Å². The lowest BCUT2D eigenvalue weighted by Crippen LogP contribution is -2.12. The lowest BCUT2D eigenvalue weighted by molar-refractivity contribution is -0.140. The van der Waals surface area contributed by atoms with Crippen LogP contribution in [0.4, 0.5) is 0 Å². The topological polar surface area (TPSA) is 69.7 Å². The predicted octanol–water partition coefficient (Wildman–Crippen LogP) is 1.03.